The highest BCUT2D eigenvalue weighted by molar-refractivity contribution is 6.04. The summed E-state index contributed by atoms with van der Waals surface area (Å²) in [5.41, 5.74) is 0.175. The minimum Gasteiger partial charge on any atom is -0.462 e. The van der Waals surface area contributed by atoms with Crippen molar-refractivity contribution in [1.29, 1.82) is 0 Å². The van der Waals surface area contributed by atoms with Crippen molar-refractivity contribution in [2.24, 2.45) is 0 Å². The van der Waals surface area contributed by atoms with E-state index in [1.54, 1.807) is 0 Å². The Morgan fingerprint density at radius 1 is 1.00 bits per heavy atom. The zero-order valence-electron chi connectivity index (χ0n) is 15.7. The topological polar surface area (TPSA) is 96.0 Å². The maximum atomic E-state index is 13.1. The minimum atomic E-state index is -1.06. The predicted molar refractivity (Wildman–Crippen MR) is 96.8 cm³/mol. The number of carbonyl (C=O) groups excluding carboxylic acids is 4. The van der Waals surface area contributed by atoms with Crippen molar-refractivity contribution in [3.8, 4) is 0 Å². The molecule has 7 nitrogen and oxygen atoms in total. The highest BCUT2D eigenvalue weighted by Crippen LogP contribution is 2.10. The molecule has 28 heavy (non-hydrogen) atoms. The maximum Gasteiger partial charge on any atom is 0.303 e. The van der Waals surface area contributed by atoms with Crippen LogP contribution in [0.1, 0.15) is 31.1 Å². The number of hydrogen-bond donors (Lipinski definition) is 0. The van der Waals surface area contributed by atoms with Gasteiger partial charge in [-0.05, 0) is 24.3 Å². The van der Waals surface area contributed by atoms with Gasteiger partial charge in [0, 0.05) is 26.3 Å². The van der Waals surface area contributed by atoms with Crippen LogP contribution in [0.25, 0.3) is 0 Å². The van der Waals surface area contributed by atoms with Crippen LogP contribution >= 0.6 is 0 Å². The molecule has 0 radical (unpaired) electrons. The van der Waals surface area contributed by atoms with Gasteiger partial charge in [0.25, 0.3) is 0 Å². The van der Waals surface area contributed by atoms with E-state index in [0.717, 1.165) is 13.0 Å². The monoisotopic (exact) mass is 392 g/mol. The fourth-order valence-corrected chi connectivity index (χ4v) is 2.09. The minimum absolute atomic E-state index is 0.175. The summed E-state index contributed by atoms with van der Waals surface area (Å²) in [4.78, 5) is 45.6. The molecule has 2 atom stereocenters. The number of carbonyl (C=O) groups is 4. The van der Waals surface area contributed by atoms with Crippen molar-refractivity contribution in [2.45, 2.75) is 33.0 Å². The highest BCUT2D eigenvalue weighted by Gasteiger charge is 2.26. The van der Waals surface area contributed by atoms with Gasteiger partial charge in [-0.2, -0.15) is 0 Å². The third kappa shape index (κ3) is 8.88. The van der Waals surface area contributed by atoms with E-state index in [0.29, 0.717) is 0 Å². The predicted octanol–water partition coefficient (Wildman–Crippen LogP) is 2.55. The molecule has 0 bridgehead atoms. The van der Waals surface area contributed by atoms with E-state index in [1.165, 1.54) is 56.4 Å². The van der Waals surface area contributed by atoms with Gasteiger partial charge in [0.15, 0.2) is 18.0 Å². The highest BCUT2D eigenvalue weighted by atomic mass is 19.1. The van der Waals surface area contributed by atoms with Gasteiger partial charge in [-0.1, -0.05) is 24.3 Å². The van der Waals surface area contributed by atoms with Crippen LogP contribution < -0.4 is 0 Å². The van der Waals surface area contributed by atoms with Crippen LogP contribution in [0.2, 0.25) is 0 Å². The van der Waals surface area contributed by atoms with Gasteiger partial charge in [-0.25, -0.2) is 4.39 Å². The number of halogens is 1. The molecule has 0 fully saturated rings. The van der Waals surface area contributed by atoms with Gasteiger partial charge < -0.3 is 14.2 Å². The van der Waals surface area contributed by atoms with Crippen molar-refractivity contribution in [3.63, 3.8) is 0 Å². The lowest BCUT2D eigenvalue weighted by Gasteiger charge is -2.23. The molecule has 8 heteroatoms. The molecule has 1 aromatic carbocycles. The number of rotatable bonds is 9. The average Bonchev–Trinajstić information content (AvgIpc) is 2.60. The summed E-state index contributed by atoms with van der Waals surface area (Å²) in [6.45, 7) is 3.19. The second kappa shape index (κ2) is 11.4. The first-order valence-electron chi connectivity index (χ1n) is 8.31. The number of ketones is 1. The third-order valence-electron chi connectivity index (χ3n) is 3.21. The number of benzene rings is 1. The molecular weight excluding hydrogens is 371 g/mol. The van der Waals surface area contributed by atoms with Gasteiger partial charge >= 0.3 is 17.9 Å². The van der Waals surface area contributed by atoms with Crippen LogP contribution in [0, 0.1) is 5.82 Å². The first-order valence-corrected chi connectivity index (χ1v) is 8.31. The molecule has 0 unspecified atom stereocenters. The largest absolute Gasteiger partial charge is 0.462 e. The van der Waals surface area contributed by atoms with Crippen molar-refractivity contribution in [2.75, 3.05) is 6.61 Å². The average molecular weight is 392 g/mol. The summed E-state index contributed by atoms with van der Waals surface area (Å²) in [6.07, 6.45) is 3.22. The molecule has 0 N–H and O–H groups in total. The Balaban J connectivity index is 2.89. The Morgan fingerprint density at radius 2 is 1.68 bits per heavy atom. The molecule has 0 aliphatic carbocycles. The second-order valence-corrected chi connectivity index (χ2v) is 5.64. The fourth-order valence-electron chi connectivity index (χ4n) is 2.09. The number of allylic oxidation sites excluding steroid dienone is 3. The SMILES string of the molecule is CC(=O)OC[C@@H](OC(C)=O)[C@H](/C=C/C=C/C(=O)c1cccc(F)c1)OC(C)=O. The van der Waals surface area contributed by atoms with E-state index < -0.39 is 41.7 Å². The second-order valence-electron chi connectivity index (χ2n) is 5.64. The van der Waals surface area contributed by atoms with Gasteiger partial charge in [0.2, 0.25) is 0 Å². The summed E-state index contributed by atoms with van der Waals surface area (Å²) in [5, 5.41) is 0. The lowest BCUT2D eigenvalue weighted by atomic mass is 10.1. The quantitative estimate of drug-likeness (QED) is 0.209. The van der Waals surface area contributed by atoms with Crippen molar-refractivity contribution < 1.29 is 37.8 Å². The Bertz CT molecular complexity index is 783. The Kier molecular flexibility index (Phi) is 9.29. The summed E-state index contributed by atoms with van der Waals surface area (Å²) in [7, 11) is 0. The smallest absolute Gasteiger partial charge is 0.303 e. The number of hydrogen-bond acceptors (Lipinski definition) is 7. The molecule has 0 aromatic heterocycles. The summed E-state index contributed by atoms with van der Waals surface area (Å²) in [6, 6.07) is 5.22. The molecule has 150 valence electrons. The standard InChI is InChI=1S/C20H21FO7/c1-13(22)26-12-20(28-15(3)24)19(27-14(2)23)10-5-4-9-18(25)16-7-6-8-17(21)11-16/h4-11,19-20H,12H2,1-3H3/b9-4+,10-5+/t19-,20+/m0/s1. The van der Waals surface area contributed by atoms with Crippen LogP contribution in [0.4, 0.5) is 4.39 Å². The first-order chi connectivity index (χ1) is 13.2. The fraction of sp³-hybridized carbons (Fsp3) is 0.300. The lowest BCUT2D eigenvalue weighted by molar-refractivity contribution is -0.169. The van der Waals surface area contributed by atoms with Crippen LogP contribution in [0.15, 0.2) is 48.6 Å². The molecular formula is C20H21FO7. The van der Waals surface area contributed by atoms with Crippen LogP contribution in [0.5, 0.6) is 0 Å². The molecule has 0 heterocycles. The summed E-state index contributed by atoms with van der Waals surface area (Å²) >= 11 is 0. The van der Waals surface area contributed by atoms with Crippen LogP contribution in [-0.4, -0.2) is 42.5 Å². The van der Waals surface area contributed by atoms with Gasteiger partial charge in [0.05, 0.1) is 0 Å². The molecule has 0 amide bonds. The molecule has 0 aliphatic heterocycles. The third-order valence-corrected chi connectivity index (χ3v) is 3.21. The molecule has 0 aliphatic rings. The summed E-state index contributed by atoms with van der Waals surface area (Å²) < 4.78 is 28.1. The molecule has 0 spiro atoms. The van der Waals surface area contributed by atoms with Crippen molar-refractivity contribution in [3.05, 3.63) is 60.0 Å². The van der Waals surface area contributed by atoms with Gasteiger partial charge in [-0.15, -0.1) is 0 Å². The first kappa shape index (κ1) is 22.8. The summed E-state index contributed by atoms with van der Waals surface area (Å²) in [5.74, 6) is -2.85. The van der Waals surface area contributed by atoms with Crippen molar-refractivity contribution >= 4 is 23.7 Å². The molecule has 0 saturated carbocycles. The van der Waals surface area contributed by atoms with E-state index >= 15 is 0 Å². The van der Waals surface area contributed by atoms with E-state index in [4.69, 9.17) is 14.2 Å². The van der Waals surface area contributed by atoms with Gasteiger partial charge in [0.1, 0.15) is 12.4 Å². The maximum absolute atomic E-state index is 13.1. The number of ether oxygens (including phenoxy) is 3. The van der Waals surface area contributed by atoms with Crippen molar-refractivity contribution in [1.82, 2.24) is 0 Å². The van der Waals surface area contributed by atoms with E-state index in [2.05, 4.69) is 0 Å². The number of esters is 3. The van der Waals surface area contributed by atoms with Gasteiger partial charge in [-0.3, -0.25) is 19.2 Å². The van der Waals surface area contributed by atoms with Crippen LogP contribution in [0.3, 0.4) is 0 Å². The normalized spacial score (nSPS) is 13.1. The molecule has 1 aromatic rings. The van der Waals surface area contributed by atoms with E-state index in [-0.39, 0.29) is 12.2 Å². The van der Waals surface area contributed by atoms with Crippen LogP contribution in [-0.2, 0) is 28.6 Å². The Hall–Kier alpha value is -3.29. The Labute approximate surface area is 161 Å². The zero-order valence-corrected chi connectivity index (χ0v) is 15.7. The van der Waals surface area contributed by atoms with E-state index in [1.807, 2.05) is 0 Å². The van der Waals surface area contributed by atoms with E-state index in [9.17, 15) is 23.6 Å². The zero-order chi connectivity index (χ0) is 21.1. The Morgan fingerprint density at radius 3 is 2.25 bits per heavy atom. The lowest BCUT2D eigenvalue weighted by Crippen LogP contribution is -2.37. The molecule has 0 saturated heterocycles. The molecule has 1 rings (SSSR count).